The number of amides is 1. The van der Waals surface area contributed by atoms with E-state index in [9.17, 15) is 9.59 Å². The van der Waals surface area contributed by atoms with Gasteiger partial charge in [-0.1, -0.05) is 60.2 Å². The van der Waals surface area contributed by atoms with Crippen LogP contribution in [0.25, 0.3) is 0 Å². The number of carbonyl (C=O) groups is 1. The zero-order chi connectivity index (χ0) is 20.1. The van der Waals surface area contributed by atoms with Crippen LogP contribution in [0.4, 0.5) is 0 Å². The lowest BCUT2D eigenvalue weighted by Gasteiger charge is -2.20. The van der Waals surface area contributed by atoms with E-state index in [4.69, 9.17) is 0 Å². The van der Waals surface area contributed by atoms with Crippen LogP contribution in [0.2, 0.25) is 0 Å². The third-order valence-electron chi connectivity index (χ3n) is 4.79. The number of hydrogen-bond donors (Lipinski definition) is 2. The number of aromatic nitrogens is 2. The van der Waals surface area contributed by atoms with E-state index < -0.39 is 0 Å². The van der Waals surface area contributed by atoms with Crippen molar-refractivity contribution in [1.29, 1.82) is 0 Å². The Morgan fingerprint density at radius 3 is 2.29 bits per heavy atom. The molecule has 0 aliphatic heterocycles. The molecule has 5 heteroatoms. The summed E-state index contributed by atoms with van der Waals surface area (Å²) in [7, 11) is 0. The van der Waals surface area contributed by atoms with Crippen molar-refractivity contribution in [2.45, 2.75) is 39.7 Å². The van der Waals surface area contributed by atoms with Gasteiger partial charge in [-0.15, -0.1) is 0 Å². The van der Waals surface area contributed by atoms with Crippen LogP contribution in [0.1, 0.15) is 46.2 Å². The maximum Gasteiger partial charge on any atom is 0.254 e. The van der Waals surface area contributed by atoms with Gasteiger partial charge in [-0.2, -0.15) is 0 Å². The number of nitrogens with one attached hydrogen (secondary N) is 2. The molecule has 5 nitrogen and oxygen atoms in total. The molecule has 1 unspecified atom stereocenters. The van der Waals surface area contributed by atoms with E-state index in [1.807, 2.05) is 61.5 Å². The van der Waals surface area contributed by atoms with E-state index in [-0.39, 0.29) is 23.9 Å². The molecule has 3 aromatic rings. The lowest BCUT2D eigenvalue weighted by atomic mass is 9.97. The Kier molecular flexibility index (Phi) is 6.04. The second-order valence-corrected chi connectivity index (χ2v) is 7.04. The molecule has 3 rings (SSSR count). The molecule has 1 amide bonds. The summed E-state index contributed by atoms with van der Waals surface area (Å²) in [6, 6.07) is 17.8. The van der Waals surface area contributed by atoms with E-state index >= 15 is 0 Å². The number of aromatic amines is 1. The molecule has 0 spiro atoms. The maximum atomic E-state index is 12.7. The molecular formula is C23H25N3O2. The first-order valence-corrected chi connectivity index (χ1v) is 9.41. The summed E-state index contributed by atoms with van der Waals surface area (Å²) >= 11 is 0. The van der Waals surface area contributed by atoms with Gasteiger partial charge in [-0.3, -0.25) is 9.59 Å². The SMILES string of the molecule is Cc1ccc(C(NC(=O)CCc2c(C)nc(C)[nH]c2=O)c2ccccc2)cc1. The largest absolute Gasteiger partial charge is 0.345 e. The molecule has 0 saturated carbocycles. The van der Waals surface area contributed by atoms with Gasteiger partial charge in [0.25, 0.3) is 5.56 Å². The summed E-state index contributed by atoms with van der Waals surface area (Å²) in [5.41, 5.74) is 4.28. The van der Waals surface area contributed by atoms with Gasteiger partial charge >= 0.3 is 0 Å². The van der Waals surface area contributed by atoms with Crippen molar-refractivity contribution in [3.63, 3.8) is 0 Å². The van der Waals surface area contributed by atoms with Crippen molar-refractivity contribution in [1.82, 2.24) is 15.3 Å². The molecular weight excluding hydrogens is 350 g/mol. The van der Waals surface area contributed by atoms with Crippen LogP contribution in [0.15, 0.2) is 59.4 Å². The fraction of sp³-hybridized carbons (Fsp3) is 0.261. The molecule has 1 heterocycles. The normalized spacial score (nSPS) is 11.8. The first-order chi connectivity index (χ1) is 13.4. The lowest BCUT2D eigenvalue weighted by molar-refractivity contribution is -0.121. The summed E-state index contributed by atoms with van der Waals surface area (Å²) in [5.74, 6) is 0.480. The van der Waals surface area contributed by atoms with Crippen LogP contribution in [-0.2, 0) is 11.2 Å². The Balaban J connectivity index is 1.77. The van der Waals surface area contributed by atoms with Crippen LogP contribution >= 0.6 is 0 Å². The van der Waals surface area contributed by atoms with Crippen molar-refractivity contribution >= 4 is 5.91 Å². The lowest BCUT2D eigenvalue weighted by Crippen LogP contribution is -2.30. The third kappa shape index (κ3) is 4.74. The van der Waals surface area contributed by atoms with E-state index in [1.165, 1.54) is 5.56 Å². The van der Waals surface area contributed by atoms with Gasteiger partial charge in [0.15, 0.2) is 0 Å². The summed E-state index contributed by atoms with van der Waals surface area (Å²) in [6.07, 6.45) is 0.583. The van der Waals surface area contributed by atoms with Crippen molar-refractivity contribution in [3.05, 3.63) is 98.7 Å². The molecule has 0 saturated heterocycles. The number of H-pyrrole nitrogens is 1. The van der Waals surface area contributed by atoms with Gasteiger partial charge in [-0.05, 0) is 38.3 Å². The molecule has 0 aliphatic rings. The molecule has 0 radical (unpaired) electrons. The Bertz CT molecular complexity index is 1010. The predicted molar refractivity (Wildman–Crippen MR) is 110 cm³/mol. The minimum absolute atomic E-state index is 0.103. The van der Waals surface area contributed by atoms with Crippen LogP contribution < -0.4 is 10.9 Å². The molecule has 1 atom stereocenters. The maximum absolute atomic E-state index is 12.7. The van der Waals surface area contributed by atoms with Gasteiger partial charge in [0.05, 0.1) is 6.04 Å². The van der Waals surface area contributed by atoms with Crippen molar-refractivity contribution in [2.24, 2.45) is 0 Å². The highest BCUT2D eigenvalue weighted by atomic mass is 16.1. The number of benzene rings is 2. The molecule has 1 aromatic heterocycles. The Morgan fingerprint density at radius 2 is 1.64 bits per heavy atom. The highest BCUT2D eigenvalue weighted by Crippen LogP contribution is 2.22. The van der Waals surface area contributed by atoms with Gasteiger partial charge in [0, 0.05) is 17.7 Å². The predicted octanol–water partition coefficient (Wildman–Crippen LogP) is 3.53. The van der Waals surface area contributed by atoms with E-state index in [0.29, 0.717) is 23.5 Å². The number of carbonyl (C=O) groups excluding carboxylic acids is 1. The zero-order valence-electron chi connectivity index (χ0n) is 16.5. The van der Waals surface area contributed by atoms with E-state index in [0.717, 1.165) is 11.1 Å². The second kappa shape index (κ2) is 8.65. The standard InChI is InChI=1S/C23H25N3O2/c1-15-9-11-19(12-10-15)22(18-7-5-4-6-8-18)26-21(27)14-13-20-16(2)24-17(3)25-23(20)28/h4-12,22H,13-14H2,1-3H3,(H,26,27)(H,24,25,28). The summed E-state index contributed by atoms with van der Waals surface area (Å²) in [4.78, 5) is 31.8. The van der Waals surface area contributed by atoms with Crippen molar-refractivity contribution in [3.8, 4) is 0 Å². The Labute approximate surface area is 164 Å². The van der Waals surface area contributed by atoms with Crippen LogP contribution in [0, 0.1) is 20.8 Å². The van der Waals surface area contributed by atoms with Crippen LogP contribution in [0.3, 0.4) is 0 Å². The summed E-state index contributed by atoms with van der Waals surface area (Å²) < 4.78 is 0. The second-order valence-electron chi connectivity index (χ2n) is 7.04. The molecule has 0 aliphatic carbocycles. The minimum atomic E-state index is -0.232. The number of hydrogen-bond acceptors (Lipinski definition) is 3. The van der Waals surface area contributed by atoms with Crippen LogP contribution in [0.5, 0.6) is 0 Å². The fourth-order valence-corrected chi connectivity index (χ4v) is 3.28. The number of rotatable bonds is 6. The zero-order valence-corrected chi connectivity index (χ0v) is 16.5. The first-order valence-electron chi connectivity index (χ1n) is 9.41. The monoisotopic (exact) mass is 375 g/mol. The van der Waals surface area contributed by atoms with Gasteiger partial charge in [-0.25, -0.2) is 4.98 Å². The number of nitrogens with zero attached hydrogens (tertiary/aromatic N) is 1. The molecule has 2 N–H and O–H groups in total. The molecule has 144 valence electrons. The summed E-state index contributed by atoms with van der Waals surface area (Å²) in [5, 5.41) is 3.12. The van der Waals surface area contributed by atoms with Crippen molar-refractivity contribution in [2.75, 3.05) is 0 Å². The van der Waals surface area contributed by atoms with Crippen LogP contribution in [-0.4, -0.2) is 15.9 Å². The van der Waals surface area contributed by atoms with E-state index in [2.05, 4.69) is 15.3 Å². The average molecular weight is 375 g/mol. The highest BCUT2D eigenvalue weighted by Gasteiger charge is 2.17. The van der Waals surface area contributed by atoms with Crippen molar-refractivity contribution < 1.29 is 4.79 Å². The van der Waals surface area contributed by atoms with Gasteiger partial charge < -0.3 is 10.3 Å². The molecule has 28 heavy (non-hydrogen) atoms. The summed E-state index contributed by atoms with van der Waals surface area (Å²) in [6.45, 7) is 5.58. The topological polar surface area (TPSA) is 74.8 Å². The third-order valence-corrected chi connectivity index (χ3v) is 4.79. The minimum Gasteiger partial charge on any atom is -0.345 e. The quantitative estimate of drug-likeness (QED) is 0.692. The first kappa shape index (κ1) is 19.5. The van der Waals surface area contributed by atoms with Gasteiger partial charge in [0.1, 0.15) is 5.82 Å². The average Bonchev–Trinajstić information content (AvgIpc) is 2.67. The smallest absolute Gasteiger partial charge is 0.254 e. The Hall–Kier alpha value is -3.21. The molecule has 0 fully saturated rings. The fourth-order valence-electron chi connectivity index (χ4n) is 3.28. The van der Waals surface area contributed by atoms with E-state index in [1.54, 1.807) is 13.8 Å². The molecule has 2 aromatic carbocycles. The molecule has 0 bridgehead atoms. The highest BCUT2D eigenvalue weighted by molar-refractivity contribution is 5.77. The Morgan fingerprint density at radius 1 is 1.00 bits per heavy atom. The number of aryl methyl sites for hydroxylation is 3. The van der Waals surface area contributed by atoms with Gasteiger partial charge in [0.2, 0.25) is 5.91 Å².